The van der Waals surface area contributed by atoms with Gasteiger partial charge in [-0.25, -0.2) is 0 Å². The van der Waals surface area contributed by atoms with Gasteiger partial charge in [-0.3, -0.25) is 4.79 Å². The van der Waals surface area contributed by atoms with Crippen LogP contribution in [-0.4, -0.2) is 43.4 Å². The van der Waals surface area contributed by atoms with Gasteiger partial charge in [0.15, 0.2) is 0 Å². The molecule has 0 aromatic rings. The van der Waals surface area contributed by atoms with Crippen molar-refractivity contribution in [2.45, 2.75) is 115 Å². The number of aliphatic hydroxyl groups is 1. The highest BCUT2D eigenvalue weighted by atomic mass is 16.5. The molecule has 0 amide bonds. The van der Waals surface area contributed by atoms with Gasteiger partial charge in [0, 0.05) is 12.5 Å². The van der Waals surface area contributed by atoms with Gasteiger partial charge in [-0.1, -0.05) is 71.1 Å². The number of nitrogens with two attached hydrogens (primary N) is 1. The predicted molar refractivity (Wildman–Crippen MR) is 114 cm³/mol. The summed E-state index contributed by atoms with van der Waals surface area (Å²) in [5, 5.41) is 14.1. The number of hydrogen-bond donors (Lipinski definition) is 3. The van der Waals surface area contributed by atoms with Gasteiger partial charge in [-0.05, 0) is 38.8 Å². The number of esters is 1. The molecule has 2 atom stereocenters. The molecule has 162 valence electrons. The average molecular weight is 387 g/mol. The molecule has 5 nitrogen and oxygen atoms in total. The first-order chi connectivity index (χ1) is 13.2. The van der Waals surface area contributed by atoms with Gasteiger partial charge in [-0.15, -0.1) is 0 Å². The molecule has 0 saturated carbocycles. The summed E-state index contributed by atoms with van der Waals surface area (Å²) in [7, 11) is 1.44. The van der Waals surface area contributed by atoms with Crippen molar-refractivity contribution in [2.24, 2.45) is 5.73 Å². The zero-order valence-electron chi connectivity index (χ0n) is 18.0. The number of aliphatic hydroxyl groups excluding tert-OH is 1. The van der Waals surface area contributed by atoms with Crippen molar-refractivity contribution in [3.63, 3.8) is 0 Å². The molecule has 0 rings (SSSR count). The summed E-state index contributed by atoms with van der Waals surface area (Å²) >= 11 is 0. The Morgan fingerprint density at radius 2 is 1.52 bits per heavy atom. The molecule has 0 saturated heterocycles. The van der Waals surface area contributed by atoms with Gasteiger partial charge in [0.05, 0.1) is 13.2 Å². The normalized spacial score (nSPS) is 13.5. The van der Waals surface area contributed by atoms with Crippen molar-refractivity contribution in [1.29, 1.82) is 0 Å². The molecular formula is C22H46N2O3. The predicted octanol–water partition coefficient (Wildman–Crippen LogP) is 4.31. The van der Waals surface area contributed by atoms with E-state index in [0.29, 0.717) is 13.0 Å². The SMILES string of the molecule is CCCCCCCCC(O)C(CCCCCCCC(=O)OC)NCCCN. The topological polar surface area (TPSA) is 84.6 Å². The lowest BCUT2D eigenvalue weighted by atomic mass is 9.97. The van der Waals surface area contributed by atoms with Crippen LogP contribution < -0.4 is 11.1 Å². The van der Waals surface area contributed by atoms with E-state index >= 15 is 0 Å². The van der Waals surface area contributed by atoms with E-state index in [-0.39, 0.29) is 18.1 Å². The first-order valence-corrected chi connectivity index (χ1v) is 11.3. The molecule has 0 aliphatic carbocycles. The first-order valence-electron chi connectivity index (χ1n) is 11.3. The smallest absolute Gasteiger partial charge is 0.305 e. The number of rotatable bonds is 20. The van der Waals surface area contributed by atoms with Gasteiger partial charge >= 0.3 is 5.97 Å². The van der Waals surface area contributed by atoms with E-state index in [0.717, 1.165) is 64.3 Å². The lowest BCUT2D eigenvalue weighted by Gasteiger charge is -2.24. The molecule has 0 radical (unpaired) electrons. The molecule has 0 heterocycles. The van der Waals surface area contributed by atoms with Crippen molar-refractivity contribution in [2.75, 3.05) is 20.2 Å². The number of hydrogen-bond acceptors (Lipinski definition) is 5. The molecule has 0 bridgehead atoms. The minimum atomic E-state index is -0.256. The van der Waals surface area contributed by atoms with E-state index in [1.54, 1.807) is 0 Å². The largest absolute Gasteiger partial charge is 0.469 e. The standard InChI is InChI=1S/C22H46N2O3/c1-3-4-5-6-9-12-16-21(25)20(24-19-14-18-23)15-11-8-7-10-13-17-22(26)27-2/h20-21,24-25H,3-19,23H2,1-2H3. The Balaban J connectivity index is 3.92. The van der Waals surface area contributed by atoms with E-state index in [1.165, 1.54) is 39.2 Å². The Morgan fingerprint density at radius 3 is 2.15 bits per heavy atom. The van der Waals surface area contributed by atoms with E-state index in [2.05, 4.69) is 17.0 Å². The molecule has 27 heavy (non-hydrogen) atoms. The summed E-state index contributed by atoms with van der Waals surface area (Å²) in [5.41, 5.74) is 5.59. The van der Waals surface area contributed by atoms with Gasteiger partial charge in [0.2, 0.25) is 0 Å². The molecular weight excluding hydrogens is 340 g/mol. The zero-order valence-corrected chi connectivity index (χ0v) is 18.0. The number of carbonyl (C=O) groups excluding carboxylic acids is 1. The minimum Gasteiger partial charge on any atom is -0.469 e. The van der Waals surface area contributed by atoms with E-state index < -0.39 is 0 Å². The van der Waals surface area contributed by atoms with Gasteiger partial charge < -0.3 is 20.9 Å². The van der Waals surface area contributed by atoms with Crippen LogP contribution in [0.25, 0.3) is 0 Å². The molecule has 4 N–H and O–H groups in total. The molecule has 0 fully saturated rings. The van der Waals surface area contributed by atoms with Gasteiger partial charge in [0.25, 0.3) is 0 Å². The third kappa shape index (κ3) is 17.2. The summed E-state index contributed by atoms with van der Waals surface area (Å²) in [6.07, 6.45) is 16.1. The highest BCUT2D eigenvalue weighted by Crippen LogP contribution is 2.15. The van der Waals surface area contributed by atoms with Crippen LogP contribution in [0.2, 0.25) is 0 Å². The molecule has 0 aliphatic rings. The Bertz CT molecular complexity index is 327. The van der Waals surface area contributed by atoms with E-state index in [1.807, 2.05) is 0 Å². The molecule has 0 aromatic heterocycles. The zero-order chi connectivity index (χ0) is 20.2. The van der Waals surface area contributed by atoms with Crippen LogP contribution in [0, 0.1) is 0 Å². The Kier molecular flexibility index (Phi) is 19.6. The van der Waals surface area contributed by atoms with Crippen LogP contribution in [-0.2, 0) is 9.53 Å². The summed E-state index contributed by atoms with van der Waals surface area (Å²) in [6, 6.07) is 0.183. The molecule has 0 spiro atoms. The van der Waals surface area contributed by atoms with Crippen molar-refractivity contribution in [3.8, 4) is 0 Å². The third-order valence-corrected chi connectivity index (χ3v) is 5.23. The highest BCUT2D eigenvalue weighted by molar-refractivity contribution is 5.68. The average Bonchev–Trinajstić information content (AvgIpc) is 2.68. The second-order valence-electron chi connectivity index (χ2n) is 7.71. The number of unbranched alkanes of at least 4 members (excludes halogenated alkanes) is 9. The van der Waals surface area contributed by atoms with Crippen LogP contribution in [0.1, 0.15) is 103 Å². The maximum Gasteiger partial charge on any atom is 0.305 e. The summed E-state index contributed by atoms with van der Waals surface area (Å²) in [5.74, 6) is -0.114. The lowest BCUT2D eigenvalue weighted by Crippen LogP contribution is -2.40. The highest BCUT2D eigenvalue weighted by Gasteiger charge is 2.17. The minimum absolute atomic E-state index is 0.114. The van der Waals surface area contributed by atoms with Crippen molar-refractivity contribution < 1.29 is 14.6 Å². The van der Waals surface area contributed by atoms with E-state index in [4.69, 9.17) is 5.73 Å². The Hall–Kier alpha value is -0.650. The fourth-order valence-corrected chi connectivity index (χ4v) is 3.42. The van der Waals surface area contributed by atoms with Crippen LogP contribution in [0.3, 0.4) is 0 Å². The molecule has 2 unspecified atom stereocenters. The van der Waals surface area contributed by atoms with Crippen LogP contribution in [0.4, 0.5) is 0 Å². The quantitative estimate of drug-likeness (QED) is 0.214. The monoisotopic (exact) mass is 386 g/mol. The molecule has 0 aliphatic heterocycles. The summed E-state index contributed by atoms with van der Waals surface area (Å²) < 4.78 is 4.66. The number of carbonyl (C=O) groups is 1. The fraction of sp³-hybridized carbons (Fsp3) is 0.955. The second-order valence-corrected chi connectivity index (χ2v) is 7.71. The molecule has 5 heteroatoms. The fourth-order valence-electron chi connectivity index (χ4n) is 3.42. The second kappa shape index (κ2) is 20.1. The van der Waals surface area contributed by atoms with Gasteiger partial charge in [0.1, 0.15) is 0 Å². The third-order valence-electron chi connectivity index (χ3n) is 5.23. The van der Waals surface area contributed by atoms with Crippen LogP contribution >= 0.6 is 0 Å². The Labute approximate surface area is 167 Å². The summed E-state index contributed by atoms with van der Waals surface area (Å²) in [4.78, 5) is 11.1. The number of nitrogens with one attached hydrogen (secondary N) is 1. The lowest BCUT2D eigenvalue weighted by molar-refractivity contribution is -0.140. The number of methoxy groups -OCH3 is 1. The van der Waals surface area contributed by atoms with Crippen molar-refractivity contribution in [1.82, 2.24) is 5.32 Å². The maximum atomic E-state index is 11.1. The maximum absolute atomic E-state index is 11.1. The van der Waals surface area contributed by atoms with Crippen molar-refractivity contribution in [3.05, 3.63) is 0 Å². The van der Waals surface area contributed by atoms with Gasteiger partial charge in [-0.2, -0.15) is 0 Å². The van der Waals surface area contributed by atoms with Crippen LogP contribution in [0.15, 0.2) is 0 Å². The number of ether oxygens (including phenoxy) is 1. The molecule has 0 aromatic carbocycles. The van der Waals surface area contributed by atoms with Crippen LogP contribution in [0.5, 0.6) is 0 Å². The first kappa shape index (κ1) is 26.4. The summed E-state index contributed by atoms with van der Waals surface area (Å²) in [6.45, 7) is 3.81. The van der Waals surface area contributed by atoms with Crippen molar-refractivity contribution >= 4 is 5.97 Å². The van der Waals surface area contributed by atoms with E-state index in [9.17, 15) is 9.90 Å². The Morgan fingerprint density at radius 1 is 0.926 bits per heavy atom.